The topological polar surface area (TPSA) is 35.8 Å². The molecule has 0 bridgehead atoms. The number of aryl methyl sites for hydroxylation is 1. The molecule has 1 fully saturated rings. The number of hydrogen-bond acceptors (Lipinski definition) is 2. The van der Waals surface area contributed by atoms with Gasteiger partial charge in [0.05, 0.1) is 6.54 Å². The van der Waals surface area contributed by atoms with Gasteiger partial charge in [0.15, 0.2) is 5.96 Å². The summed E-state index contributed by atoms with van der Waals surface area (Å²) in [5.41, 5.74) is 1.30. The molecule has 5 heteroatoms. The zero-order valence-electron chi connectivity index (χ0n) is 16.0. The number of rotatable bonds is 7. The Morgan fingerprint density at radius 3 is 2.75 bits per heavy atom. The minimum absolute atomic E-state index is 0.874. The van der Waals surface area contributed by atoms with E-state index in [1.54, 1.807) is 0 Å². The van der Waals surface area contributed by atoms with Gasteiger partial charge < -0.3 is 19.7 Å². The van der Waals surface area contributed by atoms with E-state index in [4.69, 9.17) is 4.99 Å². The fourth-order valence-electron chi connectivity index (χ4n) is 3.21. The van der Waals surface area contributed by atoms with E-state index in [1.807, 2.05) is 0 Å². The molecule has 2 rings (SSSR count). The van der Waals surface area contributed by atoms with Crippen LogP contribution in [0.25, 0.3) is 0 Å². The van der Waals surface area contributed by atoms with Gasteiger partial charge in [0.1, 0.15) is 0 Å². The lowest BCUT2D eigenvalue weighted by molar-refractivity contribution is 0.191. The second-order valence-corrected chi connectivity index (χ2v) is 7.08. The Bertz CT molecular complexity index is 500. The van der Waals surface area contributed by atoms with Crippen molar-refractivity contribution in [2.24, 2.45) is 18.0 Å². The van der Waals surface area contributed by atoms with E-state index in [-0.39, 0.29) is 0 Å². The molecule has 1 N–H and O–H groups in total. The number of aliphatic imine (C=N–C) groups is 1. The number of piperidine rings is 1. The molecule has 0 amide bonds. The number of likely N-dealkylation sites (tertiary alicyclic amines) is 1. The highest BCUT2D eigenvalue weighted by Gasteiger charge is 2.14. The molecule has 0 atom stereocenters. The summed E-state index contributed by atoms with van der Waals surface area (Å²) in [6.45, 7) is 10.9. The minimum Gasteiger partial charge on any atom is -0.357 e. The number of hydrogen-bond donors (Lipinski definition) is 1. The maximum atomic E-state index is 4.82. The van der Waals surface area contributed by atoms with Gasteiger partial charge in [-0.05, 0) is 63.9 Å². The van der Waals surface area contributed by atoms with E-state index < -0.39 is 0 Å². The van der Waals surface area contributed by atoms with Gasteiger partial charge >= 0.3 is 0 Å². The lowest BCUT2D eigenvalue weighted by atomic mass is 9.99. The molecule has 0 spiro atoms. The van der Waals surface area contributed by atoms with E-state index >= 15 is 0 Å². The Balaban J connectivity index is 1.78. The highest BCUT2D eigenvalue weighted by molar-refractivity contribution is 5.79. The highest BCUT2D eigenvalue weighted by atomic mass is 15.3. The molecule has 1 aromatic rings. The van der Waals surface area contributed by atoms with E-state index in [2.05, 4.69) is 66.0 Å². The number of aromatic nitrogens is 1. The maximum absolute atomic E-state index is 4.82. The summed E-state index contributed by atoms with van der Waals surface area (Å²) in [5, 5.41) is 3.41. The van der Waals surface area contributed by atoms with Crippen LogP contribution in [-0.4, -0.2) is 60.1 Å². The normalized spacial score (nSPS) is 17.2. The molecule has 5 nitrogen and oxygen atoms in total. The molecule has 2 heterocycles. The summed E-state index contributed by atoms with van der Waals surface area (Å²) in [4.78, 5) is 9.62. The zero-order chi connectivity index (χ0) is 17.4. The summed E-state index contributed by atoms with van der Waals surface area (Å²) in [7, 11) is 4.20. The van der Waals surface area contributed by atoms with Crippen LogP contribution in [0.5, 0.6) is 0 Å². The van der Waals surface area contributed by atoms with Crippen LogP contribution in [-0.2, 0) is 13.6 Å². The van der Waals surface area contributed by atoms with Crippen molar-refractivity contribution in [1.29, 1.82) is 0 Å². The van der Waals surface area contributed by atoms with E-state index in [9.17, 15) is 0 Å². The van der Waals surface area contributed by atoms with Crippen LogP contribution in [0, 0.1) is 5.92 Å². The molecule has 1 aromatic heterocycles. The molecule has 24 heavy (non-hydrogen) atoms. The molecule has 0 unspecified atom stereocenters. The van der Waals surface area contributed by atoms with Gasteiger partial charge in [-0.15, -0.1) is 0 Å². The monoisotopic (exact) mass is 333 g/mol. The molecule has 1 saturated heterocycles. The molecule has 1 aliphatic heterocycles. The second kappa shape index (κ2) is 9.72. The average Bonchev–Trinajstić information content (AvgIpc) is 2.97. The third-order valence-corrected chi connectivity index (χ3v) is 4.92. The fraction of sp³-hybridized carbons (Fsp3) is 0.737. The standard InChI is InChI=1S/C19H35N5/c1-5-20-19(23(4)16-18-8-6-12-22(18)3)21-11-7-13-24-14-9-17(2)10-15-24/h6,8,12,17H,5,7,9-11,13-16H2,1-4H3,(H,20,21). The van der Waals surface area contributed by atoms with Crippen LogP contribution in [0.2, 0.25) is 0 Å². The van der Waals surface area contributed by atoms with Gasteiger partial charge in [-0.25, -0.2) is 0 Å². The highest BCUT2D eigenvalue weighted by Crippen LogP contribution is 2.15. The van der Waals surface area contributed by atoms with Crippen LogP contribution in [0.1, 0.15) is 38.8 Å². The third-order valence-electron chi connectivity index (χ3n) is 4.92. The fourth-order valence-corrected chi connectivity index (χ4v) is 3.21. The van der Waals surface area contributed by atoms with Gasteiger partial charge in [0.25, 0.3) is 0 Å². The summed E-state index contributed by atoms with van der Waals surface area (Å²) in [6, 6.07) is 4.25. The maximum Gasteiger partial charge on any atom is 0.194 e. The van der Waals surface area contributed by atoms with Crippen LogP contribution < -0.4 is 5.32 Å². The SMILES string of the molecule is CCNC(=NCCCN1CCC(C)CC1)N(C)Cc1cccn1C. The van der Waals surface area contributed by atoms with Crippen LogP contribution in [0.15, 0.2) is 23.3 Å². The number of nitrogens with one attached hydrogen (secondary N) is 1. The first kappa shape index (κ1) is 18.8. The number of nitrogens with zero attached hydrogens (tertiary/aromatic N) is 4. The Morgan fingerprint density at radius 1 is 1.38 bits per heavy atom. The van der Waals surface area contributed by atoms with Crippen molar-refractivity contribution in [2.45, 2.75) is 39.7 Å². The van der Waals surface area contributed by atoms with Crippen molar-refractivity contribution in [2.75, 3.05) is 39.8 Å². The Kier molecular flexibility index (Phi) is 7.63. The van der Waals surface area contributed by atoms with E-state index in [0.717, 1.165) is 37.9 Å². The minimum atomic E-state index is 0.874. The van der Waals surface area contributed by atoms with Gasteiger partial charge in [0.2, 0.25) is 0 Å². The van der Waals surface area contributed by atoms with Gasteiger partial charge in [-0.2, -0.15) is 0 Å². The predicted molar refractivity (Wildman–Crippen MR) is 102 cm³/mol. The molecule has 0 radical (unpaired) electrons. The summed E-state index contributed by atoms with van der Waals surface area (Å²) in [6.07, 6.45) is 5.94. The van der Waals surface area contributed by atoms with Gasteiger partial charge in [0, 0.05) is 39.1 Å². The quantitative estimate of drug-likeness (QED) is 0.473. The first-order valence-corrected chi connectivity index (χ1v) is 9.42. The van der Waals surface area contributed by atoms with Gasteiger partial charge in [-0.3, -0.25) is 4.99 Å². The summed E-state index contributed by atoms with van der Waals surface area (Å²) in [5.74, 6) is 1.91. The van der Waals surface area contributed by atoms with E-state index in [1.165, 1.54) is 38.2 Å². The van der Waals surface area contributed by atoms with Gasteiger partial charge in [-0.1, -0.05) is 6.92 Å². The molecule has 0 aliphatic carbocycles. The lowest BCUT2D eigenvalue weighted by Gasteiger charge is -2.30. The molecular weight excluding hydrogens is 298 g/mol. The number of guanidine groups is 1. The molecule has 0 aromatic carbocycles. The molecular formula is C19H35N5. The Morgan fingerprint density at radius 2 is 2.12 bits per heavy atom. The third kappa shape index (κ3) is 5.86. The van der Waals surface area contributed by atoms with Crippen molar-refractivity contribution in [3.63, 3.8) is 0 Å². The van der Waals surface area contributed by atoms with Crippen molar-refractivity contribution in [1.82, 2.24) is 19.7 Å². The summed E-state index contributed by atoms with van der Waals surface area (Å²) < 4.78 is 2.16. The average molecular weight is 334 g/mol. The Labute approximate surface area is 147 Å². The van der Waals surface area contributed by atoms with Crippen molar-refractivity contribution in [3.8, 4) is 0 Å². The van der Waals surface area contributed by atoms with Crippen molar-refractivity contribution >= 4 is 5.96 Å². The van der Waals surface area contributed by atoms with E-state index in [0.29, 0.717) is 0 Å². The largest absolute Gasteiger partial charge is 0.357 e. The molecule has 136 valence electrons. The Hall–Kier alpha value is -1.49. The zero-order valence-corrected chi connectivity index (χ0v) is 16.0. The first-order chi connectivity index (χ1) is 11.6. The van der Waals surface area contributed by atoms with Crippen molar-refractivity contribution < 1.29 is 0 Å². The molecule has 1 aliphatic rings. The van der Waals surface area contributed by atoms with Crippen LogP contribution >= 0.6 is 0 Å². The summed E-state index contributed by atoms with van der Waals surface area (Å²) >= 11 is 0. The lowest BCUT2D eigenvalue weighted by Crippen LogP contribution is -2.39. The second-order valence-electron chi connectivity index (χ2n) is 7.08. The van der Waals surface area contributed by atoms with Crippen LogP contribution in [0.4, 0.5) is 0 Å². The van der Waals surface area contributed by atoms with Crippen LogP contribution in [0.3, 0.4) is 0 Å². The molecule has 0 saturated carbocycles. The smallest absolute Gasteiger partial charge is 0.194 e. The van der Waals surface area contributed by atoms with Crippen molar-refractivity contribution in [3.05, 3.63) is 24.0 Å². The predicted octanol–water partition coefficient (Wildman–Crippen LogP) is 2.54. The first-order valence-electron chi connectivity index (χ1n) is 9.42.